The van der Waals surface area contributed by atoms with Gasteiger partial charge in [0.15, 0.2) is 0 Å². The topological polar surface area (TPSA) is 15.3 Å². The summed E-state index contributed by atoms with van der Waals surface area (Å²) in [6.45, 7) is 8.93. The molecule has 108 valence electrons. The average Bonchev–Trinajstić information content (AvgIpc) is 2.41. The summed E-state index contributed by atoms with van der Waals surface area (Å²) in [6.07, 6.45) is 3.66. The Balaban J connectivity index is 2.40. The van der Waals surface area contributed by atoms with Gasteiger partial charge in [0, 0.05) is 25.2 Å². The normalized spacial score (nSPS) is 13.2. The fraction of sp³-hybridized carbons (Fsp3) is 0.647. The first kappa shape index (κ1) is 16.2. The molecule has 2 heteroatoms. The van der Waals surface area contributed by atoms with Gasteiger partial charge in [-0.05, 0) is 25.5 Å². The van der Waals surface area contributed by atoms with E-state index in [0.29, 0.717) is 12.1 Å². The van der Waals surface area contributed by atoms with Gasteiger partial charge in [-0.1, -0.05) is 57.5 Å². The molecule has 0 heterocycles. The maximum Gasteiger partial charge on any atom is 0.0217 e. The van der Waals surface area contributed by atoms with Crippen LogP contribution in [-0.2, 0) is 6.42 Å². The summed E-state index contributed by atoms with van der Waals surface area (Å²) in [7, 11) is 2.26. The molecule has 0 radical (unpaired) electrons. The lowest BCUT2D eigenvalue weighted by molar-refractivity contribution is 0.221. The predicted octanol–water partition coefficient (Wildman–Crippen LogP) is 3.33. The first-order valence-corrected chi connectivity index (χ1v) is 7.61. The highest BCUT2D eigenvalue weighted by molar-refractivity contribution is 5.14. The highest BCUT2D eigenvalue weighted by atomic mass is 15.1. The Morgan fingerprint density at radius 3 is 2.42 bits per heavy atom. The van der Waals surface area contributed by atoms with E-state index < -0.39 is 0 Å². The molecule has 2 nitrogen and oxygen atoms in total. The van der Waals surface area contributed by atoms with Crippen molar-refractivity contribution in [1.82, 2.24) is 10.2 Å². The summed E-state index contributed by atoms with van der Waals surface area (Å²) in [4.78, 5) is 2.51. The molecule has 0 aliphatic heterocycles. The Morgan fingerprint density at radius 2 is 1.84 bits per heavy atom. The minimum absolute atomic E-state index is 0.571. The Hall–Kier alpha value is -0.860. The fourth-order valence-corrected chi connectivity index (χ4v) is 2.32. The van der Waals surface area contributed by atoms with Crippen LogP contribution in [0.4, 0.5) is 0 Å². The summed E-state index contributed by atoms with van der Waals surface area (Å²) >= 11 is 0. The monoisotopic (exact) mass is 262 g/mol. The van der Waals surface area contributed by atoms with E-state index in [0.717, 1.165) is 19.5 Å². The van der Waals surface area contributed by atoms with Crippen LogP contribution in [0.25, 0.3) is 0 Å². The molecule has 1 aromatic rings. The van der Waals surface area contributed by atoms with Gasteiger partial charge < -0.3 is 10.2 Å². The summed E-state index contributed by atoms with van der Waals surface area (Å²) < 4.78 is 0. The van der Waals surface area contributed by atoms with Crippen LogP contribution < -0.4 is 5.32 Å². The number of benzene rings is 1. The first-order valence-electron chi connectivity index (χ1n) is 7.61. The molecule has 0 spiro atoms. The average molecular weight is 262 g/mol. The molecule has 1 rings (SSSR count). The molecule has 0 amide bonds. The second kappa shape index (κ2) is 9.11. The number of hydrogen-bond acceptors (Lipinski definition) is 2. The molecule has 1 N–H and O–H groups in total. The van der Waals surface area contributed by atoms with Crippen LogP contribution in [0.5, 0.6) is 0 Å². The largest absolute Gasteiger partial charge is 0.313 e. The minimum atomic E-state index is 0.571. The van der Waals surface area contributed by atoms with Crippen LogP contribution in [0, 0.1) is 0 Å². The minimum Gasteiger partial charge on any atom is -0.313 e. The maximum atomic E-state index is 3.57. The molecule has 0 aliphatic rings. The highest BCUT2D eigenvalue weighted by Crippen LogP contribution is 2.07. The Labute approximate surface area is 119 Å². The van der Waals surface area contributed by atoms with Crippen molar-refractivity contribution in [3.8, 4) is 0 Å². The van der Waals surface area contributed by atoms with Crippen LogP contribution in [-0.4, -0.2) is 37.1 Å². The van der Waals surface area contributed by atoms with Crippen LogP contribution in [0.2, 0.25) is 0 Å². The number of nitrogens with one attached hydrogen (secondary N) is 1. The number of hydrogen-bond donors (Lipinski definition) is 1. The smallest absolute Gasteiger partial charge is 0.0217 e. The van der Waals surface area contributed by atoms with Gasteiger partial charge in [0.2, 0.25) is 0 Å². The molecule has 0 saturated heterocycles. The zero-order valence-electron chi connectivity index (χ0n) is 13.0. The van der Waals surface area contributed by atoms with Gasteiger partial charge in [-0.25, -0.2) is 0 Å². The lowest BCUT2D eigenvalue weighted by Crippen LogP contribution is -2.42. The van der Waals surface area contributed by atoms with Gasteiger partial charge in [0.1, 0.15) is 0 Å². The second-order valence-corrected chi connectivity index (χ2v) is 5.72. The quantitative estimate of drug-likeness (QED) is 0.734. The summed E-state index contributed by atoms with van der Waals surface area (Å²) in [5.41, 5.74) is 1.43. The lowest BCUT2D eigenvalue weighted by atomic mass is 10.1. The predicted molar refractivity (Wildman–Crippen MR) is 84.6 cm³/mol. The number of likely N-dealkylation sites (N-methyl/N-ethyl adjacent to an activating group) is 1. The molecule has 0 bridgehead atoms. The Morgan fingerprint density at radius 1 is 1.16 bits per heavy atom. The highest BCUT2D eigenvalue weighted by Gasteiger charge is 2.13. The van der Waals surface area contributed by atoms with E-state index in [4.69, 9.17) is 0 Å². The molecule has 0 aromatic heterocycles. The van der Waals surface area contributed by atoms with Gasteiger partial charge in [0.05, 0.1) is 0 Å². The molecule has 19 heavy (non-hydrogen) atoms. The van der Waals surface area contributed by atoms with Crippen LogP contribution in [0.15, 0.2) is 30.3 Å². The molecule has 1 atom stereocenters. The fourth-order valence-electron chi connectivity index (χ4n) is 2.32. The Bertz CT molecular complexity index is 321. The van der Waals surface area contributed by atoms with E-state index in [-0.39, 0.29) is 0 Å². The molecule has 1 unspecified atom stereocenters. The van der Waals surface area contributed by atoms with E-state index in [1.807, 2.05) is 0 Å². The molecular weight excluding hydrogens is 232 g/mol. The summed E-state index contributed by atoms with van der Waals surface area (Å²) in [6, 6.07) is 12.0. The molecule has 0 aliphatic carbocycles. The van der Waals surface area contributed by atoms with Crippen molar-refractivity contribution in [3.63, 3.8) is 0 Å². The first-order chi connectivity index (χ1) is 9.13. The van der Waals surface area contributed by atoms with E-state index in [9.17, 15) is 0 Å². The van der Waals surface area contributed by atoms with Crippen molar-refractivity contribution in [3.05, 3.63) is 35.9 Å². The van der Waals surface area contributed by atoms with E-state index in [1.54, 1.807) is 0 Å². The van der Waals surface area contributed by atoms with E-state index in [2.05, 4.69) is 68.4 Å². The SMILES string of the molecule is CCCC(CNC(C)C)N(C)CCc1ccccc1. The second-order valence-electron chi connectivity index (χ2n) is 5.72. The molecule has 1 aromatic carbocycles. The lowest BCUT2D eigenvalue weighted by Gasteiger charge is -2.29. The van der Waals surface area contributed by atoms with E-state index in [1.165, 1.54) is 18.4 Å². The zero-order chi connectivity index (χ0) is 14.1. The van der Waals surface area contributed by atoms with Gasteiger partial charge >= 0.3 is 0 Å². The van der Waals surface area contributed by atoms with Crippen molar-refractivity contribution in [2.75, 3.05) is 20.1 Å². The van der Waals surface area contributed by atoms with Gasteiger partial charge in [-0.3, -0.25) is 0 Å². The van der Waals surface area contributed by atoms with Gasteiger partial charge in [-0.2, -0.15) is 0 Å². The maximum absolute atomic E-state index is 3.57. The molecule has 0 saturated carbocycles. The number of rotatable bonds is 9. The third-order valence-corrected chi connectivity index (χ3v) is 3.60. The molecule has 0 fully saturated rings. The number of nitrogens with zero attached hydrogens (tertiary/aromatic N) is 1. The van der Waals surface area contributed by atoms with Crippen LogP contribution in [0.3, 0.4) is 0 Å². The standard InChI is InChI=1S/C17H30N2/c1-5-9-17(14-18-15(2)3)19(4)13-12-16-10-7-6-8-11-16/h6-8,10-11,15,17-18H,5,9,12-14H2,1-4H3. The third-order valence-electron chi connectivity index (χ3n) is 3.60. The molecular formula is C17H30N2. The van der Waals surface area contributed by atoms with Crippen molar-refractivity contribution in [2.45, 2.75) is 52.1 Å². The Kier molecular flexibility index (Phi) is 7.76. The summed E-state index contributed by atoms with van der Waals surface area (Å²) in [5.74, 6) is 0. The van der Waals surface area contributed by atoms with Crippen LogP contribution >= 0.6 is 0 Å². The zero-order valence-corrected chi connectivity index (χ0v) is 13.0. The van der Waals surface area contributed by atoms with Crippen molar-refractivity contribution in [1.29, 1.82) is 0 Å². The van der Waals surface area contributed by atoms with Crippen molar-refractivity contribution in [2.24, 2.45) is 0 Å². The van der Waals surface area contributed by atoms with Gasteiger partial charge in [0.25, 0.3) is 0 Å². The van der Waals surface area contributed by atoms with Crippen molar-refractivity contribution < 1.29 is 0 Å². The van der Waals surface area contributed by atoms with Gasteiger partial charge in [-0.15, -0.1) is 0 Å². The summed E-state index contributed by atoms with van der Waals surface area (Å²) in [5, 5.41) is 3.57. The third kappa shape index (κ3) is 6.74. The van der Waals surface area contributed by atoms with Crippen LogP contribution in [0.1, 0.15) is 39.2 Å². The van der Waals surface area contributed by atoms with E-state index >= 15 is 0 Å². The van der Waals surface area contributed by atoms with Crippen molar-refractivity contribution >= 4 is 0 Å².